The van der Waals surface area contributed by atoms with E-state index in [1.54, 1.807) is 12.1 Å². The molecular formula is C25H14Cl2F3NO5. The van der Waals surface area contributed by atoms with Gasteiger partial charge in [-0.3, -0.25) is 14.4 Å². The van der Waals surface area contributed by atoms with Crippen molar-refractivity contribution in [2.45, 2.75) is 12.3 Å². The molecule has 0 aliphatic carbocycles. The Kier molecular flexibility index (Phi) is 6.88. The summed E-state index contributed by atoms with van der Waals surface area (Å²) in [5.41, 5.74) is -1.13. The Balaban J connectivity index is 1.71. The maximum Gasteiger partial charge on any atom is 0.416 e. The zero-order chi connectivity index (χ0) is 26.2. The quantitative estimate of drug-likeness (QED) is 0.183. The largest absolute Gasteiger partial charge is 0.453 e. The maximum atomic E-state index is 13.5. The minimum Gasteiger partial charge on any atom is -0.453 e. The lowest BCUT2D eigenvalue weighted by molar-refractivity contribution is -0.138. The molecule has 6 nitrogen and oxygen atoms in total. The van der Waals surface area contributed by atoms with Crippen molar-refractivity contribution in [3.8, 4) is 0 Å². The van der Waals surface area contributed by atoms with Gasteiger partial charge in [0, 0.05) is 16.8 Å². The molecule has 0 spiro atoms. The van der Waals surface area contributed by atoms with Gasteiger partial charge in [0.25, 0.3) is 5.91 Å². The summed E-state index contributed by atoms with van der Waals surface area (Å²) < 4.78 is 44.4. The summed E-state index contributed by atoms with van der Waals surface area (Å²) in [6.45, 7) is 0. The van der Waals surface area contributed by atoms with Gasteiger partial charge in [0.1, 0.15) is 12.0 Å². The zero-order valence-electron chi connectivity index (χ0n) is 17.9. The molecule has 1 aliphatic heterocycles. The van der Waals surface area contributed by atoms with Crippen molar-refractivity contribution in [1.29, 1.82) is 0 Å². The predicted octanol–water partition coefficient (Wildman–Crippen LogP) is 5.93. The first-order chi connectivity index (χ1) is 17.0. The number of hydrogen-bond donors (Lipinski definition) is 1. The van der Waals surface area contributed by atoms with Crippen molar-refractivity contribution in [2.24, 2.45) is 5.92 Å². The van der Waals surface area contributed by atoms with Crippen molar-refractivity contribution in [3.63, 3.8) is 0 Å². The first-order valence-corrected chi connectivity index (χ1v) is 11.0. The number of cyclic esters (lactones) is 1. The smallest absolute Gasteiger partial charge is 0.416 e. The van der Waals surface area contributed by atoms with Crippen LogP contribution in [0.1, 0.15) is 37.9 Å². The molecule has 3 aromatic rings. The van der Waals surface area contributed by atoms with Crippen molar-refractivity contribution in [2.75, 3.05) is 5.32 Å². The van der Waals surface area contributed by atoms with E-state index in [2.05, 4.69) is 5.32 Å². The number of esters is 1. The molecule has 184 valence electrons. The summed E-state index contributed by atoms with van der Waals surface area (Å²) in [5, 5.41) is 2.23. The highest BCUT2D eigenvalue weighted by Gasteiger charge is 2.46. The fourth-order valence-corrected chi connectivity index (χ4v) is 4.05. The summed E-state index contributed by atoms with van der Waals surface area (Å²) in [4.78, 5) is 52.0. The molecule has 36 heavy (non-hydrogen) atoms. The second-order valence-electron chi connectivity index (χ2n) is 7.78. The van der Waals surface area contributed by atoms with Gasteiger partial charge in [-0.25, -0.2) is 4.79 Å². The average Bonchev–Trinajstić information content (AvgIpc) is 3.16. The lowest BCUT2D eigenvalue weighted by atomic mass is 9.84. The van der Waals surface area contributed by atoms with E-state index in [1.165, 1.54) is 30.3 Å². The SMILES string of the molecule is O=C(Nc1cccc(C(F)(F)F)c1)C(=O)[C@@H](C(=O)c1ccc(Cl)c(Cl)c1)[C@@H]1OC(=O)c2ccccc21. The van der Waals surface area contributed by atoms with E-state index in [0.717, 1.165) is 18.2 Å². The van der Waals surface area contributed by atoms with Gasteiger partial charge < -0.3 is 10.1 Å². The van der Waals surface area contributed by atoms with Gasteiger partial charge in [-0.05, 0) is 42.5 Å². The number of halogens is 5. The van der Waals surface area contributed by atoms with Crippen molar-refractivity contribution in [3.05, 3.63) is 99.0 Å². The van der Waals surface area contributed by atoms with Gasteiger partial charge >= 0.3 is 12.1 Å². The van der Waals surface area contributed by atoms with Gasteiger partial charge in [-0.2, -0.15) is 13.2 Å². The Labute approximate surface area is 212 Å². The number of nitrogens with one attached hydrogen (secondary N) is 1. The fourth-order valence-electron chi connectivity index (χ4n) is 3.75. The normalized spacial score (nSPS) is 15.6. The molecule has 0 saturated heterocycles. The minimum atomic E-state index is -4.68. The third-order valence-corrected chi connectivity index (χ3v) is 6.20. The molecule has 0 radical (unpaired) electrons. The summed E-state index contributed by atoms with van der Waals surface area (Å²) >= 11 is 11.9. The van der Waals surface area contributed by atoms with Crippen LogP contribution in [-0.2, 0) is 20.5 Å². The number of anilines is 1. The van der Waals surface area contributed by atoms with Gasteiger partial charge in [0.2, 0.25) is 5.78 Å². The van der Waals surface area contributed by atoms with Crippen LogP contribution in [0.15, 0.2) is 66.7 Å². The molecule has 4 rings (SSSR count). The molecule has 0 fully saturated rings. The first-order valence-electron chi connectivity index (χ1n) is 10.3. The number of benzene rings is 3. The molecule has 0 saturated carbocycles. The van der Waals surface area contributed by atoms with Crippen molar-refractivity contribution in [1.82, 2.24) is 0 Å². The maximum absolute atomic E-state index is 13.5. The van der Waals surface area contributed by atoms with Crippen LogP contribution >= 0.6 is 23.2 Å². The van der Waals surface area contributed by atoms with E-state index in [-0.39, 0.29) is 32.4 Å². The van der Waals surface area contributed by atoms with Crippen LogP contribution < -0.4 is 5.32 Å². The summed E-state index contributed by atoms with van der Waals surface area (Å²) in [6, 6.07) is 13.5. The highest BCUT2D eigenvalue weighted by molar-refractivity contribution is 6.46. The minimum absolute atomic E-state index is 0.00551. The Bertz CT molecular complexity index is 1410. The number of alkyl halides is 3. The van der Waals surface area contributed by atoms with E-state index < -0.39 is 47.2 Å². The van der Waals surface area contributed by atoms with E-state index in [9.17, 15) is 32.3 Å². The number of ether oxygens (including phenoxy) is 1. The average molecular weight is 536 g/mol. The van der Waals surface area contributed by atoms with Gasteiger partial charge in [0.05, 0.1) is 21.2 Å². The molecule has 1 N–H and O–H groups in total. The molecule has 1 heterocycles. The highest BCUT2D eigenvalue weighted by Crippen LogP contribution is 2.39. The number of carbonyl (C=O) groups excluding carboxylic acids is 4. The number of Topliss-reactive ketones (excluding diaryl/α,β-unsaturated/α-hetero) is 2. The van der Waals surface area contributed by atoms with Crippen molar-refractivity contribution < 1.29 is 37.1 Å². The molecule has 3 aromatic carbocycles. The summed E-state index contributed by atoms with van der Waals surface area (Å²) in [5.74, 6) is -6.23. The van der Waals surface area contributed by atoms with Crippen LogP contribution in [-0.4, -0.2) is 23.4 Å². The summed E-state index contributed by atoms with van der Waals surface area (Å²) in [6.07, 6.45) is -6.13. The first kappa shape index (κ1) is 25.4. The standard InChI is InChI=1S/C25H14Cl2F3NO5/c26-17-9-8-12(10-18(17)27)20(32)19(22-15-6-1-2-7-16(15)24(35)36-22)21(33)23(34)31-14-5-3-4-13(11-14)25(28,29)30/h1-11,19,22H,(H,31,34)/t19-,22-/m1/s1. The van der Waals surface area contributed by atoms with Gasteiger partial charge in [-0.15, -0.1) is 0 Å². The Morgan fingerprint density at radius 3 is 2.33 bits per heavy atom. The second-order valence-corrected chi connectivity index (χ2v) is 8.60. The number of rotatable bonds is 6. The van der Waals surface area contributed by atoms with Gasteiger partial charge in [-0.1, -0.05) is 47.5 Å². The lowest BCUT2D eigenvalue weighted by Crippen LogP contribution is -2.38. The Hall–Kier alpha value is -3.69. The van der Waals surface area contributed by atoms with E-state index in [4.69, 9.17) is 27.9 Å². The number of fused-ring (bicyclic) bond motifs is 1. The highest BCUT2D eigenvalue weighted by atomic mass is 35.5. The Morgan fingerprint density at radius 2 is 1.64 bits per heavy atom. The molecular weight excluding hydrogens is 522 g/mol. The third-order valence-electron chi connectivity index (χ3n) is 5.46. The van der Waals surface area contributed by atoms with Crippen LogP contribution in [0.5, 0.6) is 0 Å². The van der Waals surface area contributed by atoms with Crippen LogP contribution in [0.3, 0.4) is 0 Å². The number of ketones is 2. The molecule has 2 atom stereocenters. The molecule has 0 bridgehead atoms. The Morgan fingerprint density at radius 1 is 0.917 bits per heavy atom. The fraction of sp³-hybridized carbons (Fsp3) is 0.120. The molecule has 1 amide bonds. The number of carbonyl (C=O) groups is 4. The zero-order valence-corrected chi connectivity index (χ0v) is 19.4. The topological polar surface area (TPSA) is 89.5 Å². The predicted molar refractivity (Wildman–Crippen MR) is 124 cm³/mol. The lowest BCUT2D eigenvalue weighted by Gasteiger charge is -2.21. The number of amides is 1. The van der Waals surface area contributed by atoms with Crippen LogP contribution in [0, 0.1) is 5.92 Å². The van der Waals surface area contributed by atoms with Crippen LogP contribution in [0.25, 0.3) is 0 Å². The van der Waals surface area contributed by atoms with E-state index in [1.807, 2.05) is 0 Å². The molecule has 1 aliphatic rings. The summed E-state index contributed by atoms with van der Waals surface area (Å²) in [7, 11) is 0. The van der Waals surface area contributed by atoms with Crippen molar-refractivity contribution >= 4 is 52.3 Å². The molecule has 0 unspecified atom stereocenters. The number of hydrogen-bond acceptors (Lipinski definition) is 5. The van der Waals surface area contributed by atoms with Gasteiger partial charge in [0.15, 0.2) is 5.78 Å². The van der Waals surface area contributed by atoms with Crippen LogP contribution in [0.2, 0.25) is 10.0 Å². The van der Waals surface area contributed by atoms with E-state index in [0.29, 0.717) is 6.07 Å². The molecule has 0 aromatic heterocycles. The third kappa shape index (κ3) is 4.98. The molecule has 11 heteroatoms. The van der Waals surface area contributed by atoms with Crippen LogP contribution in [0.4, 0.5) is 18.9 Å². The van der Waals surface area contributed by atoms with E-state index >= 15 is 0 Å². The monoisotopic (exact) mass is 535 g/mol. The second kappa shape index (κ2) is 9.75.